The number of rotatable bonds is 6. The molecule has 0 aliphatic heterocycles. The fourth-order valence-corrected chi connectivity index (χ4v) is 3.22. The van der Waals surface area contributed by atoms with Gasteiger partial charge in [-0.3, -0.25) is 4.79 Å². The smallest absolute Gasteiger partial charge is 0.344 e. The molecule has 1 amide bonds. The normalized spacial score (nSPS) is 10.5. The molecule has 2 aromatic carbocycles. The Bertz CT molecular complexity index is 1000. The van der Waals surface area contributed by atoms with E-state index >= 15 is 0 Å². The van der Waals surface area contributed by atoms with Crippen molar-refractivity contribution in [2.24, 2.45) is 0 Å². The van der Waals surface area contributed by atoms with E-state index in [0.717, 1.165) is 29.4 Å². The molecule has 0 saturated carbocycles. The molecule has 0 unspecified atom stereocenters. The van der Waals surface area contributed by atoms with Crippen molar-refractivity contribution in [3.05, 3.63) is 81.3 Å². The van der Waals surface area contributed by atoms with Crippen LogP contribution < -0.4 is 5.32 Å². The van der Waals surface area contributed by atoms with Crippen LogP contribution in [0.1, 0.15) is 26.6 Å². The van der Waals surface area contributed by atoms with Gasteiger partial charge in [-0.25, -0.2) is 18.6 Å². The third-order valence-corrected chi connectivity index (χ3v) is 4.75. The first-order valence-electron chi connectivity index (χ1n) is 8.34. The maximum absolute atomic E-state index is 13.6. The average molecular weight is 402 g/mol. The average Bonchev–Trinajstić information content (AvgIpc) is 3.09. The van der Waals surface area contributed by atoms with Gasteiger partial charge in [0, 0.05) is 11.1 Å². The lowest BCUT2D eigenvalue weighted by atomic mass is 10.2. The molecule has 3 aromatic rings. The number of amides is 1. The molecule has 0 aliphatic carbocycles. The predicted octanol–water partition coefficient (Wildman–Crippen LogP) is 4.27. The molecule has 5 nitrogen and oxygen atoms in total. The Morgan fingerprint density at radius 2 is 1.82 bits per heavy atom. The highest BCUT2D eigenvalue weighted by Crippen LogP contribution is 2.17. The zero-order valence-corrected chi connectivity index (χ0v) is 15.7. The number of carbonyl (C=O) groups is 2. The van der Waals surface area contributed by atoms with Gasteiger partial charge in [0.2, 0.25) is 5.91 Å². The molecule has 0 spiro atoms. The fraction of sp³-hybridized carbons (Fsp3) is 0.150. The standard InChI is InChI=1S/C20H16F2N2O3S/c1-12-5-2-3-8-16(12)24-17(25)9-18-23-13(11-28-18)10-27-20(26)19-14(21)6-4-7-15(19)22/h2-8,11H,9-10H2,1H3,(H,24,25). The van der Waals surface area contributed by atoms with Crippen molar-refractivity contribution in [3.8, 4) is 0 Å². The number of esters is 1. The molecule has 0 saturated heterocycles. The Kier molecular flexibility index (Phi) is 6.10. The Hall–Kier alpha value is -3.13. The van der Waals surface area contributed by atoms with Crippen LogP contribution in [0.25, 0.3) is 0 Å². The molecular formula is C20H16F2N2O3S. The van der Waals surface area contributed by atoms with Crippen LogP contribution in [0.5, 0.6) is 0 Å². The van der Waals surface area contributed by atoms with Crippen molar-refractivity contribution in [2.75, 3.05) is 5.32 Å². The van der Waals surface area contributed by atoms with Gasteiger partial charge < -0.3 is 10.1 Å². The number of ether oxygens (including phenoxy) is 1. The number of carbonyl (C=O) groups excluding carboxylic acids is 2. The van der Waals surface area contributed by atoms with Gasteiger partial charge in [-0.15, -0.1) is 11.3 Å². The van der Waals surface area contributed by atoms with E-state index in [1.807, 2.05) is 31.2 Å². The number of halogens is 2. The van der Waals surface area contributed by atoms with Crippen LogP contribution in [-0.4, -0.2) is 16.9 Å². The molecule has 0 atom stereocenters. The molecule has 8 heteroatoms. The van der Waals surface area contributed by atoms with E-state index in [4.69, 9.17) is 4.74 Å². The molecule has 1 N–H and O–H groups in total. The Morgan fingerprint density at radius 1 is 1.11 bits per heavy atom. The largest absolute Gasteiger partial charge is 0.455 e. The van der Waals surface area contributed by atoms with Gasteiger partial charge >= 0.3 is 5.97 Å². The van der Waals surface area contributed by atoms with Crippen LogP contribution in [0.3, 0.4) is 0 Å². The number of aryl methyl sites for hydroxylation is 1. The van der Waals surface area contributed by atoms with Crippen molar-refractivity contribution in [3.63, 3.8) is 0 Å². The van der Waals surface area contributed by atoms with Crippen molar-refractivity contribution < 1.29 is 23.1 Å². The summed E-state index contributed by atoms with van der Waals surface area (Å²) in [6.07, 6.45) is 0.0644. The highest BCUT2D eigenvalue weighted by Gasteiger charge is 2.19. The van der Waals surface area contributed by atoms with Gasteiger partial charge in [0.1, 0.15) is 28.8 Å². The Balaban J connectivity index is 1.56. The van der Waals surface area contributed by atoms with Crippen LogP contribution in [0.4, 0.5) is 14.5 Å². The first-order valence-corrected chi connectivity index (χ1v) is 9.22. The number of anilines is 1. The monoisotopic (exact) mass is 402 g/mol. The van der Waals surface area contributed by atoms with Crippen molar-refractivity contribution in [2.45, 2.75) is 20.0 Å². The summed E-state index contributed by atoms with van der Waals surface area (Å²) < 4.78 is 32.1. The zero-order valence-electron chi connectivity index (χ0n) is 14.9. The number of hydrogen-bond donors (Lipinski definition) is 1. The third-order valence-electron chi connectivity index (χ3n) is 3.85. The Morgan fingerprint density at radius 3 is 2.54 bits per heavy atom. The summed E-state index contributed by atoms with van der Waals surface area (Å²) in [6, 6.07) is 10.5. The Labute approximate surface area is 164 Å². The number of nitrogens with one attached hydrogen (secondary N) is 1. The molecule has 28 heavy (non-hydrogen) atoms. The van der Waals surface area contributed by atoms with Gasteiger partial charge in [-0.05, 0) is 30.7 Å². The highest BCUT2D eigenvalue weighted by molar-refractivity contribution is 7.09. The van der Waals surface area contributed by atoms with E-state index in [1.54, 1.807) is 5.38 Å². The second kappa shape index (κ2) is 8.71. The summed E-state index contributed by atoms with van der Waals surface area (Å²) in [5.74, 6) is -3.31. The van der Waals surface area contributed by atoms with E-state index < -0.39 is 23.2 Å². The molecule has 1 heterocycles. The minimum absolute atomic E-state index is 0.0644. The third kappa shape index (κ3) is 4.77. The summed E-state index contributed by atoms with van der Waals surface area (Å²) in [6.45, 7) is 1.65. The van der Waals surface area contributed by atoms with Gasteiger partial charge in [0.25, 0.3) is 0 Å². The van der Waals surface area contributed by atoms with Gasteiger partial charge in [-0.1, -0.05) is 24.3 Å². The molecule has 0 fully saturated rings. The number of benzene rings is 2. The lowest BCUT2D eigenvalue weighted by molar-refractivity contribution is -0.115. The summed E-state index contributed by atoms with van der Waals surface area (Å²) in [5, 5.41) is 4.97. The van der Waals surface area contributed by atoms with E-state index in [2.05, 4.69) is 10.3 Å². The maximum atomic E-state index is 13.6. The maximum Gasteiger partial charge on any atom is 0.344 e. The summed E-state index contributed by atoms with van der Waals surface area (Å²) in [4.78, 5) is 28.3. The SMILES string of the molecule is Cc1ccccc1NC(=O)Cc1nc(COC(=O)c2c(F)cccc2F)cs1. The quantitative estimate of drug-likeness (QED) is 0.626. The topological polar surface area (TPSA) is 68.3 Å². The number of aromatic nitrogens is 1. The first-order chi connectivity index (χ1) is 13.4. The lowest BCUT2D eigenvalue weighted by Crippen LogP contribution is -2.15. The lowest BCUT2D eigenvalue weighted by Gasteiger charge is -2.06. The van der Waals surface area contributed by atoms with Gasteiger partial charge in [0.05, 0.1) is 12.1 Å². The second-order valence-corrected chi connectivity index (χ2v) is 6.89. The first kappa shape index (κ1) is 19.6. The predicted molar refractivity (Wildman–Crippen MR) is 101 cm³/mol. The van der Waals surface area contributed by atoms with Crippen molar-refractivity contribution >= 4 is 28.9 Å². The molecule has 144 valence electrons. The summed E-state index contributed by atoms with van der Waals surface area (Å²) in [7, 11) is 0. The number of hydrogen-bond acceptors (Lipinski definition) is 5. The molecular weight excluding hydrogens is 386 g/mol. The van der Waals surface area contributed by atoms with Crippen molar-refractivity contribution in [1.29, 1.82) is 0 Å². The van der Waals surface area contributed by atoms with Gasteiger partial charge in [-0.2, -0.15) is 0 Å². The van der Waals surface area contributed by atoms with Gasteiger partial charge in [0.15, 0.2) is 0 Å². The second-order valence-electron chi connectivity index (χ2n) is 5.95. The van der Waals surface area contributed by atoms with Crippen LogP contribution in [0.15, 0.2) is 47.8 Å². The number of para-hydroxylation sites is 1. The van der Waals surface area contributed by atoms with E-state index in [0.29, 0.717) is 10.7 Å². The van der Waals surface area contributed by atoms with E-state index in [-0.39, 0.29) is 18.9 Å². The van der Waals surface area contributed by atoms with E-state index in [9.17, 15) is 18.4 Å². The minimum atomic E-state index is -1.11. The number of thiazole rings is 1. The number of nitrogens with zero attached hydrogens (tertiary/aromatic N) is 1. The van der Waals surface area contributed by atoms with Crippen LogP contribution >= 0.6 is 11.3 Å². The minimum Gasteiger partial charge on any atom is -0.455 e. The van der Waals surface area contributed by atoms with Crippen LogP contribution in [-0.2, 0) is 22.6 Å². The van der Waals surface area contributed by atoms with Crippen LogP contribution in [0, 0.1) is 18.6 Å². The highest BCUT2D eigenvalue weighted by atomic mass is 32.1. The fourth-order valence-electron chi connectivity index (χ4n) is 2.45. The molecule has 3 rings (SSSR count). The molecule has 1 aromatic heterocycles. The van der Waals surface area contributed by atoms with Crippen LogP contribution in [0.2, 0.25) is 0 Å². The molecule has 0 aliphatic rings. The molecule has 0 bridgehead atoms. The summed E-state index contributed by atoms with van der Waals surface area (Å²) in [5.41, 5.74) is 1.33. The summed E-state index contributed by atoms with van der Waals surface area (Å²) >= 11 is 1.24. The van der Waals surface area contributed by atoms with Crippen molar-refractivity contribution in [1.82, 2.24) is 4.98 Å². The van der Waals surface area contributed by atoms with E-state index in [1.165, 1.54) is 11.3 Å². The molecule has 0 radical (unpaired) electrons. The zero-order chi connectivity index (χ0) is 20.1.